The first-order chi connectivity index (χ1) is 13.7. The molecule has 1 aliphatic heterocycles. The van der Waals surface area contributed by atoms with E-state index in [2.05, 4.69) is 38.3 Å². The molecule has 2 aromatic heterocycles. The Morgan fingerprint density at radius 2 is 2.18 bits per heavy atom. The van der Waals surface area contributed by atoms with E-state index in [0.717, 1.165) is 5.52 Å². The smallest absolute Gasteiger partial charge is 0.229 e. The van der Waals surface area contributed by atoms with Crippen LogP contribution in [0.2, 0.25) is 0 Å². The minimum atomic E-state index is -0.372. The van der Waals surface area contributed by atoms with Gasteiger partial charge in [-0.15, -0.1) is 10.2 Å². The second-order valence-corrected chi connectivity index (χ2v) is 7.72. The van der Waals surface area contributed by atoms with Gasteiger partial charge < -0.3 is 14.6 Å². The third kappa shape index (κ3) is 3.76. The molecule has 1 saturated heterocycles. The van der Waals surface area contributed by atoms with Crippen LogP contribution in [0.5, 0.6) is 0 Å². The van der Waals surface area contributed by atoms with Crippen LogP contribution in [0.15, 0.2) is 36.5 Å². The van der Waals surface area contributed by atoms with E-state index < -0.39 is 0 Å². The van der Waals surface area contributed by atoms with Crippen molar-refractivity contribution in [2.75, 3.05) is 25.1 Å². The molecular weight excluding hydrogens is 378 g/mol. The van der Waals surface area contributed by atoms with Gasteiger partial charge in [-0.1, -0.05) is 29.5 Å². The minimum Gasteiger partial charge on any atom is -0.377 e. The largest absolute Gasteiger partial charge is 0.377 e. The first-order valence-electron chi connectivity index (χ1n) is 9.09. The summed E-state index contributed by atoms with van der Waals surface area (Å²) in [6, 6.07) is 10.2. The number of aromatic nitrogens is 3. The van der Waals surface area contributed by atoms with Crippen LogP contribution in [-0.4, -0.2) is 46.8 Å². The molecule has 0 bridgehead atoms. The normalized spacial score (nSPS) is 16.8. The van der Waals surface area contributed by atoms with Crippen LogP contribution < -0.4 is 10.2 Å². The summed E-state index contributed by atoms with van der Waals surface area (Å²) >= 11 is 1.31. The number of hydrogen-bond acceptors (Lipinski definition) is 6. The summed E-state index contributed by atoms with van der Waals surface area (Å²) in [5, 5.41) is 13.4. The summed E-state index contributed by atoms with van der Waals surface area (Å²) in [5.41, 5.74) is 1.14. The molecule has 9 heteroatoms. The monoisotopic (exact) mass is 399 g/mol. The van der Waals surface area contributed by atoms with Gasteiger partial charge in [-0.05, 0) is 17.5 Å². The molecule has 0 spiro atoms. The number of carbonyl (C=O) groups is 2. The van der Waals surface area contributed by atoms with Crippen LogP contribution >= 0.6 is 11.3 Å². The maximum atomic E-state index is 12.5. The van der Waals surface area contributed by atoms with Crippen LogP contribution in [0.3, 0.4) is 0 Å². The highest BCUT2D eigenvalue weighted by Crippen LogP contribution is 2.28. The van der Waals surface area contributed by atoms with Gasteiger partial charge in [-0.2, -0.15) is 0 Å². The van der Waals surface area contributed by atoms with E-state index in [1.165, 1.54) is 16.7 Å². The molecule has 3 heterocycles. The summed E-state index contributed by atoms with van der Waals surface area (Å²) in [4.78, 5) is 26.4. The summed E-state index contributed by atoms with van der Waals surface area (Å²) in [7, 11) is 1.58. The van der Waals surface area contributed by atoms with Crippen molar-refractivity contribution < 1.29 is 14.3 Å². The van der Waals surface area contributed by atoms with Crippen LogP contribution in [0.4, 0.5) is 5.13 Å². The number of ether oxygens (including phenoxy) is 1. The Labute approximate surface area is 166 Å². The van der Waals surface area contributed by atoms with E-state index in [-0.39, 0.29) is 24.2 Å². The second-order valence-electron chi connectivity index (χ2n) is 6.68. The summed E-state index contributed by atoms with van der Waals surface area (Å²) in [6.07, 6.45) is 2.21. The molecule has 2 amide bonds. The number of nitrogens with zero attached hydrogens (tertiary/aromatic N) is 4. The fourth-order valence-electron chi connectivity index (χ4n) is 3.38. The Bertz CT molecular complexity index is 998. The summed E-state index contributed by atoms with van der Waals surface area (Å²) in [6.45, 7) is 1.88. The van der Waals surface area contributed by atoms with Gasteiger partial charge in [0.25, 0.3) is 0 Å². The molecule has 1 unspecified atom stereocenters. The van der Waals surface area contributed by atoms with Gasteiger partial charge in [0.05, 0.1) is 5.92 Å². The molecular formula is C19H21N5O3S. The lowest BCUT2D eigenvalue weighted by atomic mass is 10.1. The number of para-hydroxylation sites is 1. The number of carbonyl (C=O) groups excluding carboxylic acids is 2. The third-order valence-corrected chi connectivity index (χ3v) is 5.70. The fraction of sp³-hybridized carbons (Fsp3) is 0.368. The predicted molar refractivity (Wildman–Crippen MR) is 106 cm³/mol. The van der Waals surface area contributed by atoms with Crippen LogP contribution in [-0.2, 0) is 27.5 Å². The number of amides is 2. The lowest BCUT2D eigenvalue weighted by Crippen LogP contribution is -2.34. The molecule has 0 saturated carbocycles. The summed E-state index contributed by atoms with van der Waals surface area (Å²) < 4.78 is 7.14. The summed E-state index contributed by atoms with van der Waals surface area (Å²) in [5.74, 6) is -0.575. The lowest BCUT2D eigenvalue weighted by Gasteiger charge is -2.13. The van der Waals surface area contributed by atoms with E-state index in [1.54, 1.807) is 12.0 Å². The lowest BCUT2D eigenvalue weighted by molar-refractivity contribution is -0.126. The predicted octanol–water partition coefficient (Wildman–Crippen LogP) is 1.81. The highest BCUT2D eigenvalue weighted by Gasteiger charge is 2.36. The zero-order valence-corrected chi connectivity index (χ0v) is 16.3. The molecule has 3 aromatic rings. The van der Waals surface area contributed by atoms with E-state index in [4.69, 9.17) is 4.74 Å². The SMILES string of the molecule is COCc1nnc(N2CC(C(=O)NCCn3ccc4ccccc43)CC2=O)s1. The Hall–Kier alpha value is -2.78. The van der Waals surface area contributed by atoms with Gasteiger partial charge in [0.1, 0.15) is 11.6 Å². The first kappa shape index (κ1) is 18.6. The number of rotatable bonds is 7. The molecule has 0 aliphatic carbocycles. The van der Waals surface area contributed by atoms with Crippen molar-refractivity contribution in [1.82, 2.24) is 20.1 Å². The first-order valence-corrected chi connectivity index (χ1v) is 9.90. The van der Waals surface area contributed by atoms with Gasteiger partial charge in [-0.3, -0.25) is 14.5 Å². The topological polar surface area (TPSA) is 89.3 Å². The van der Waals surface area contributed by atoms with Crippen molar-refractivity contribution in [2.24, 2.45) is 5.92 Å². The molecule has 1 aliphatic rings. The average molecular weight is 399 g/mol. The van der Waals surface area contributed by atoms with Crippen molar-refractivity contribution >= 4 is 39.2 Å². The number of benzene rings is 1. The van der Waals surface area contributed by atoms with E-state index in [0.29, 0.717) is 36.4 Å². The zero-order valence-electron chi connectivity index (χ0n) is 15.5. The van der Waals surface area contributed by atoms with Crippen LogP contribution in [0.25, 0.3) is 10.9 Å². The number of hydrogen-bond donors (Lipinski definition) is 1. The quantitative estimate of drug-likeness (QED) is 0.654. The number of nitrogens with one attached hydrogen (secondary N) is 1. The van der Waals surface area contributed by atoms with E-state index in [9.17, 15) is 9.59 Å². The minimum absolute atomic E-state index is 0.100. The molecule has 1 aromatic carbocycles. The van der Waals surface area contributed by atoms with Gasteiger partial charge in [-0.25, -0.2) is 0 Å². The molecule has 0 radical (unpaired) electrons. The molecule has 28 heavy (non-hydrogen) atoms. The number of anilines is 1. The number of methoxy groups -OCH3 is 1. The Morgan fingerprint density at radius 1 is 1.32 bits per heavy atom. The fourth-order valence-corrected chi connectivity index (χ4v) is 4.22. The van der Waals surface area contributed by atoms with Gasteiger partial charge >= 0.3 is 0 Å². The molecule has 1 atom stereocenters. The van der Waals surface area contributed by atoms with E-state index in [1.807, 2.05) is 18.3 Å². The van der Waals surface area contributed by atoms with Crippen molar-refractivity contribution in [3.05, 3.63) is 41.5 Å². The highest BCUT2D eigenvalue weighted by atomic mass is 32.1. The molecule has 146 valence electrons. The average Bonchev–Trinajstić information content (AvgIpc) is 3.41. The van der Waals surface area contributed by atoms with Crippen LogP contribution in [0, 0.1) is 5.92 Å². The second kappa shape index (κ2) is 8.07. The van der Waals surface area contributed by atoms with E-state index >= 15 is 0 Å². The highest BCUT2D eigenvalue weighted by molar-refractivity contribution is 7.15. The van der Waals surface area contributed by atoms with Gasteiger partial charge in [0.2, 0.25) is 16.9 Å². The van der Waals surface area contributed by atoms with Crippen LogP contribution in [0.1, 0.15) is 11.4 Å². The Balaban J connectivity index is 1.32. The Kier molecular flexibility index (Phi) is 5.36. The Morgan fingerprint density at radius 3 is 3.04 bits per heavy atom. The molecule has 1 fully saturated rings. The standard InChI is InChI=1S/C19H21N5O3S/c1-27-12-16-21-22-19(28-16)24-11-14(10-17(24)25)18(26)20-7-9-23-8-6-13-4-2-3-5-15(13)23/h2-6,8,14H,7,9-12H2,1H3,(H,20,26). The molecule has 1 N–H and O–H groups in total. The van der Waals surface area contributed by atoms with Gasteiger partial charge in [0, 0.05) is 44.9 Å². The van der Waals surface area contributed by atoms with Crippen molar-refractivity contribution in [3.63, 3.8) is 0 Å². The van der Waals surface area contributed by atoms with Crippen molar-refractivity contribution in [3.8, 4) is 0 Å². The maximum Gasteiger partial charge on any atom is 0.229 e. The molecule has 4 rings (SSSR count). The zero-order chi connectivity index (χ0) is 19.5. The third-order valence-electron chi connectivity index (χ3n) is 4.78. The van der Waals surface area contributed by atoms with Gasteiger partial charge in [0.15, 0.2) is 0 Å². The number of fused-ring (bicyclic) bond motifs is 1. The van der Waals surface area contributed by atoms with Crippen molar-refractivity contribution in [2.45, 2.75) is 19.6 Å². The molecule has 8 nitrogen and oxygen atoms in total. The van der Waals surface area contributed by atoms with Crippen molar-refractivity contribution in [1.29, 1.82) is 0 Å². The maximum absolute atomic E-state index is 12.5.